The lowest BCUT2D eigenvalue weighted by Gasteiger charge is -2.07. The van der Waals surface area contributed by atoms with Gasteiger partial charge >= 0.3 is 0 Å². The minimum absolute atomic E-state index is 0.514. The predicted molar refractivity (Wildman–Crippen MR) is 97.0 cm³/mol. The van der Waals surface area contributed by atoms with Crippen molar-refractivity contribution in [2.75, 3.05) is 0 Å². The molecule has 3 heteroatoms. The third-order valence-corrected chi connectivity index (χ3v) is 4.61. The van der Waals surface area contributed by atoms with Gasteiger partial charge in [0.25, 0.3) is 0 Å². The highest BCUT2D eigenvalue weighted by Gasteiger charge is 2.18. The first-order valence-corrected chi connectivity index (χ1v) is 8.33. The summed E-state index contributed by atoms with van der Waals surface area (Å²) in [4.78, 5) is 4.95. The Labute approximate surface area is 141 Å². The fourth-order valence-electron chi connectivity index (χ4n) is 3.20. The number of para-hydroxylation sites is 1. The number of hydrogen-bond acceptors (Lipinski definition) is 2. The van der Waals surface area contributed by atoms with Gasteiger partial charge in [-0.05, 0) is 42.7 Å². The van der Waals surface area contributed by atoms with E-state index in [1.165, 1.54) is 5.56 Å². The third-order valence-electron chi connectivity index (χ3n) is 4.61. The monoisotopic (exact) mass is 317 g/mol. The number of pyridine rings is 2. The van der Waals surface area contributed by atoms with Crippen LogP contribution in [-0.4, -0.2) is 4.98 Å². The fourth-order valence-corrected chi connectivity index (χ4v) is 3.20. The molecule has 3 heterocycles. The van der Waals surface area contributed by atoms with E-state index in [-0.39, 0.29) is 0 Å². The lowest BCUT2D eigenvalue weighted by molar-refractivity contribution is -0.661. The smallest absolute Gasteiger partial charge is 0.231 e. The molecule has 3 aromatic heterocycles. The molecule has 1 aromatic carbocycles. The highest BCUT2D eigenvalue weighted by molar-refractivity contribution is 6.03. The molecule has 0 aliphatic carbocycles. The maximum Gasteiger partial charge on any atom is 0.231 e. The van der Waals surface area contributed by atoms with Gasteiger partial charge in [-0.1, -0.05) is 26.0 Å². The molecule has 0 atom stereocenters. The van der Waals surface area contributed by atoms with Crippen molar-refractivity contribution in [1.29, 1.82) is 0 Å². The first-order chi connectivity index (χ1) is 11.5. The molecule has 0 unspecified atom stereocenters. The number of furan rings is 1. The van der Waals surface area contributed by atoms with Gasteiger partial charge in [-0.2, -0.15) is 4.57 Å². The van der Waals surface area contributed by atoms with Crippen LogP contribution in [0.2, 0.25) is 0 Å². The zero-order chi connectivity index (χ0) is 16.8. The molecule has 0 bridgehead atoms. The van der Waals surface area contributed by atoms with E-state index in [1.807, 2.05) is 18.2 Å². The van der Waals surface area contributed by atoms with E-state index in [2.05, 4.69) is 62.8 Å². The Hall–Kier alpha value is -2.68. The standard InChI is InChI=1S/C21H21N2O/c1-13(2)15-9-10-17(23(4)12-15)20-14(3)11-19-21(22-20)16-7-5-6-8-18(16)24-19/h5-13H,1-4H3/q+1. The fraction of sp³-hybridized carbons (Fsp3) is 0.238. The summed E-state index contributed by atoms with van der Waals surface area (Å²) >= 11 is 0. The van der Waals surface area contributed by atoms with Crippen LogP contribution in [0, 0.1) is 6.92 Å². The maximum absolute atomic E-state index is 5.94. The van der Waals surface area contributed by atoms with E-state index in [0.717, 1.165) is 39.0 Å². The summed E-state index contributed by atoms with van der Waals surface area (Å²) in [5.74, 6) is 0.514. The Morgan fingerprint density at radius 2 is 1.83 bits per heavy atom. The van der Waals surface area contributed by atoms with Crippen LogP contribution < -0.4 is 4.57 Å². The van der Waals surface area contributed by atoms with Crippen molar-refractivity contribution >= 4 is 22.1 Å². The number of hydrogen-bond donors (Lipinski definition) is 0. The van der Waals surface area contributed by atoms with E-state index in [0.29, 0.717) is 5.92 Å². The molecule has 24 heavy (non-hydrogen) atoms. The van der Waals surface area contributed by atoms with Gasteiger partial charge in [0.15, 0.2) is 11.8 Å². The van der Waals surface area contributed by atoms with Crippen LogP contribution in [0.5, 0.6) is 0 Å². The third kappa shape index (κ3) is 2.28. The Morgan fingerprint density at radius 1 is 1.04 bits per heavy atom. The summed E-state index contributed by atoms with van der Waals surface area (Å²) in [7, 11) is 2.08. The number of rotatable bonds is 2. The second-order valence-corrected chi connectivity index (χ2v) is 6.71. The van der Waals surface area contributed by atoms with Crippen molar-refractivity contribution in [3.63, 3.8) is 0 Å². The first-order valence-electron chi connectivity index (χ1n) is 8.33. The molecule has 4 aromatic rings. The van der Waals surface area contributed by atoms with Crippen molar-refractivity contribution < 1.29 is 8.98 Å². The lowest BCUT2D eigenvalue weighted by Crippen LogP contribution is -2.31. The molecule has 0 fully saturated rings. The lowest BCUT2D eigenvalue weighted by atomic mass is 10.0. The van der Waals surface area contributed by atoms with Crippen molar-refractivity contribution in [3.8, 4) is 11.4 Å². The van der Waals surface area contributed by atoms with E-state index < -0.39 is 0 Å². The Bertz CT molecular complexity index is 1060. The Balaban J connectivity index is 1.96. The van der Waals surface area contributed by atoms with Crippen LogP contribution >= 0.6 is 0 Å². The molecule has 0 amide bonds. The normalized spacial score (nSPS) is 11.7. The van der Waals surface area contributed by atoms with Crippen molar-refractivity contribution in [3.05, 3.63) is 59.8 Å². The van der Waals surface area contributed by atoms with Gasteiger partial charge in [-0.3, -0.25) is 0 Å². The summed E-state index contributed by atoms with van der Waals surface area (Å²) < 4.78 is 8.10. The largest absolute Gasteiger partial charge is 0.454 e. The summed E-state index contributed by atoms with van der Waals surface area (Å²) in [5, 5.41) is 1.07. The summed E-state index contributed by atoms with van der Waals surface area (Å²) in [5.41, 5.74) is 7.23. The number of fused-ring (bicyclic) bond motifs is 3. The molecule has 0 radical (unpaired) electrons. The summed E-state index contributed by atoms with van der Waals surface area (Å²) in [6.45, 7) is 6.51. The number of aryl methyl sites for hydroxylation is 2. The molecule has 0 spiro atoms. The number of nitrogens with zero attached hydrogens (tertiary/aromatic N) is 2. The zero-order valence-electron chi connectivity index (χ0n) is 14.5. The van der Waals surface area contributed by atoms with Crippen LogP contribution in [-0.2, 0) is 7.05 Å². The summed E-state index contributed by atoms with van der Waals surface area (Å²) in [6.07, 6.45) is 2.19. The van der Waals surface area contributed by atoms with Crippen molar-refractivity contribution in [2.45, 2.75) is 26.7 Å². The topological polar surface area (TPSA) is 29.9 Å². The molecular weight excluding hydrogens is 296 g/mol. The van der Waals surface area contributed by atoms with Gasteiger partial charge in [0.2, 0.25) is 5.69 Å². The average molecular weight is 317 g/mol. The number of benzene rings is 1. The van der Waals surface area contributed by atoms with Crippen LogP contribution in [0.4, 0.5) is 0 Å². The minimum Gasteiger partial charge on any atom is -0.454 e. The van der Waals surface area contributed by atoms with Crippen molar-refractivity contribution in [1.82, 2.24) is 4.98 Å². The first kappa shape index (κ1) is 14.9. The SMILES string of the molecule is Cc1cc2oc3ccccc3c2nc1-c1ccc(C(C)C)c[n+]1C. The quantitative estimate of drug-likeness (QED) is 0.492. The Kier molecular flexibility index (Phi) is 3.38. The predicted octanol–water partition coefficient (Wildman–Crippen LogP) is 4.90. The molecule has 0 N–H and O–H groups in total. The van der Waals surface area contributed by atoms with Gasteiger partial charge < -0.3 is 4.42 Å². The average Bonchev–Trinajstić information content (AvgIpc) is 2.91. The Morgan fingerprint density at radius 3 is 2.58 bits per heavy atom. The van der Waals surface area contributed by atoms with E-state index in [1.54, 1.807) is 0 Å². The highest BCUT2D eigenvalue weighted by atomic mass is 16.3. The van der Waals surface area contributed by atoms with Crippen LogP contribution in [0.1, 0.15) is 30.9 Å². The van der Waals surface area contributed by atoms with Gasteiger partial charge in [0.05, 0.1) is 0 Å². The molecule has 120 valence electrons. The van der Waals surface area contributed by atoms with E-state index in [9.17, 15) is 0 Å². The van der Waals surface area contributed by atoms with Crippen LogP contribution in [0.3, 0.4) is 0 Å². The van der Waals surface area contributed by atoms with Gasteiger partial charge in [0, 0.05) is 17.0 Å². The molecule has 0 aliphatic rings. The van der Waals surface area contributed by atoms with E-state index >= 15 is 0 Å². The second kappa shape index (κ2) is 5.45. The van der Waals surface area contributed by atoms with Crippen LogP contribution in [0.15, 0.2) is 53.1 Å². The minimum atomic E-state index is 0.514. The van der Waals surface area contributed by atoms with Gasteiger partial charge in [0.1, 0.15) is 23.8 Å². The van der Waals surface area contributed by atoms with Gasteiger partial charge in [-0.25, -0.2) is 4.98 Å². The molecular formula is C21H21N2O+. The zero-order valence-corrected chi connectivity index (χ0v) is 14.5. The molecule has 0 saturated carbocycles. The number of aromatic nitrogens is 2. The van der Waals surface area contributed by atoms with Gasteiger partial charge in [-0.15, -0.1) is 0 Å². The van der Waals surface area contributed by atoms with E-state index in [4.69, 9.17) is 9.40 Å². The maximum atomic E-state index is 5.94. The van der Waals surface area contributed by atoms with Crippen LogP contribution in [0.25, 0.3) is 33.5 Å². The molecule has 3 nitrogen and oxygen atoms in total. The molecule has 0 aliphatic heterocycles. The summed E-state index contributed by atoms with van der Waals surface area (Å²) in [6, 6.07) is 14.5. The highest BCUT2D eigenvalue weighted by Crippen LogP contribution is 2.31. The second-order valence-electron chi connectivity index (χ2n) is 6.71. The molecule has 0 saturated heterocycles. The molecule has 4 rings (SSSR count). The van der Waals surface area contributed by atoms with Crippen molar-refractivity contribution in [2.24, 2.45) is 7.05 Å².